The number of hydrogen-bond donors (Lipinski definition) is 2. The van der Waals surface area contributed by atoms with Crippen molar-refractivity contribution in [2.24, 2.45) is 12.0 Å². The summed E-state index contributed by atoms with van der Waals surface area (Å²) in [5.41, 5.74) is 1.75. The highest BCUT2D eigenvalue weighted by molar-refractivity contribution is 7.13. The number of carbonyl (C=O) groups is 1. The fraction of sp³-hybridized carbons (Fsp3) is 0.500. The monoisotopic (exact) mass is 364 g/mol. The van der Waals surface area contributed by atoms with Crippen LogP contribution in [-0.4, -0.2) is 40.3 Å². The first-order valence-corrected chi connectivity index (χ1v) is 8.85. The molecule has 0 saturated carbocycles. The summed E-state index contributed by atoms with van der Waals surface area (Å²) in [5.74, 6) is 0.330. The van der Waals surface area contributed by atoms with Crippen LogP contribution in [0.4, 0.5) is 0 Å². The molecule has 0 fully saturated rings. The number of guanidine groups is 1. The van der Waals surface area contributed by atoms with E-state index >= 15 is 0 Å². The molecule has 0 radical (unpaired) electrons. The zero-order valence-corrected chi connectivity index (χ0v) is 16.0. The third kappa shape index (κ3) is 5.02. The Bertz CT molecular complexity index is 752. The molecule has 0 aliphatic carbocycles. The largest absolute Gasteiger partial charge is 0.462 e. The maximum Gasteiger partial charge on any atom is 0.350 e. The number of thiazole rings is 1. The van der Waals surface area contributed by atoms with Crippen LogP contribution in [0, 0.1) is 6.92 Å². The smallest absolute Gasteiger partial charge is 0.350 e. The van der Waals surface area contributed by atoms with Gasteiger partial charge in [0.1, 0.15) is 9.88 Å². The number of aromatic nitrogens is 3. The minimum absolute atomic E-state index is 0.0908. The average Bonchev–Trinajstić information content (AvgIpc) is 3.17. The van der Waals surface area contributed by atoms with Crippen molar-refractivity contribution in [1.82, 2.24) is 25.4 Å². The molecule has 25 heavy (non-hydrogen) atoms. The summed E-state index contributed by atoms with van der Waals surface area (Å²) in [6.45, 7) is 6.55. The van der Waals surface area contributed by atoms with Crippen LogP contribution in [0.5, 0.6) is 0 Å². The van der Waals surface area contributed by atoms with Gasteiger partial charge in [-0.2, -0.15) is 5.10 Å². The van der Waals surface area contributed by atoms with Crippen molar-refractivity contribution in [2.75, 3.05) is 13.7 Å². The van der Waals surface area contributed by atoms with Crippen LogP contribution in [0.15, 0.2) is 17.4 Å². The Balaban J connectivity index is 1.98. The number of aryl methyl sites for hydroxylation is 2. The number of hydrogen-bond acceptors (Lipinski definition) is 6. The first-order chi connectivity index (χ1) is 11.9. The van der Waals surface area contributed by atoms with Crippen molar-refractivity contribution >= 4 is 23.3 Å². The second-order valence-electron chi connectivity index (χ2n) is 5.50. The van der Waals surface area contributed by atoms with Crippen molar-refractivity contribution in [2.45, 2.75) is 33.4 Å². The van der Waals surface area contributed by atoms with E-state index in [1.165, 1.54) is 11.3 Å². The molecule has 2 aromatic rings. The Morgan fingerprint density at radius 1 is 1.52 bits per heavy atom. The van der Waals surface area contributed by atoms with Crippen molar-refractivity contribution in [3.05, 3.63) is 33.5 Å². The lowest BCUT2D eigenvalue weighted by Gasteiger charge is -2.15. The van der Waals surface area contributed by atoms with Crippen LogP contribution in [0.25, 0.3) is 0 Å². The fourth-order valence-corrected chi connectivity index (χ4v) is 3.16. The van der Waals surface area contributed by atoms with Crippen molar-refractivity contribution in [3.63, 3.8) is 0 Å². The summed E-state index contributed by atoms with van der Waals surface area (Å²) in [6.07, 6.45) is 3.75. The normalized spacial score (nSPS) is 12.8. The molecule has 2 rings (SSSR count). The van der Waals surface area contributed by atoms with Gasteiger partial charge in [-0.1, -0.05) is 0 Å². The lowest BCUT2D eigenvalue weighted by atomic mass is 10.3. The van der Waals surface area contributed by atoms with Gasteiger partial charge < -0.3 is 15.4 Å². The number of ether oxygens (including phenoxy) is 1. The maximum atomic E-state index is 11.9. The van der Waals surface area contributed by atoms with E-state index in [0.29, 0.717) is 29.7 Å². The van der Waals surface area contributed by atoms with Gasteiger partial charge in [0, 0.05) is 32.4 Å². The quantitative estimate of drug-likeness (QED) is 0.461. The number of carbonyl (C=O) groups excluding carboxylic acids is 1. The predicted octanol–water partition coefficient (Wildman–Crippen LogP) is 1.79. The van der Waals surface area contributed by atoms with Crippen LogP contribution in [0.1, 0.15) is 45.8 Å². The summed E-state index contributed by atoms with van der Waals surface area (Å²) >= 11 is 1.34. The molecule has 0 aliphatic rings. The highest BCUT2D eigenvalue weighted by atomic mass is 32.1. The topological polar surface area (TPSA) is 93.4 Å². The van der Waals surface area contributed by atoms with Crippen molar-refractivity contribution in [3.8, 4) is 0 Å². The van der Waals surface area contributed by atoms with Crippen LogP contribution in [0.2, 0.25) is 0 Å². The van der Waals surface area contributed by atoms with Gasteiger partial charge in [-0.15, -0.1) is 11.3 Å². The lowest BCUT2D eigenvalue weighted by molar-refractivity contribution is 0.0531. The molecule has 0 saturated heterocycles. The van der Waals surface area contributed by atoms with E-state index in [9.17, 15) is 4.79 Å². The zero-order valence-electron chi connectivity index (χ0n) is 15.2. The SMILES string of the molecule is CCOC(=O)c1sc(C(C)NC(=NC)NCc2cnn(C)c2)nc1C. The summed E-state index contributed by atoms with van der Waals surface area (Å²) in [7, 11) is 3.59. The average molecular weight is 364 g/mol. The van der Waals surface area contributed by atoms with E-state index in [-0.39, 0.29) is 12.0 Å². The van der Waals surface area contributed by atoms with E-state index in [2.05, 4.69) is 25.7 Å². The molecule has 136 valence electrons. The van der Waals surface area contributed by atoms with Gasteiger partial charge in [-0.3, -0.25) is 9.67 Å². The summed E-state index contributed by atoms with van der Waals surface area (Å²) in [4.78, 5) is 21.2. The van der Waals surface area contributed by atoms with Gasteiger partial charge in [-0.25, -0.2) is 9.78 Å². The highest BCUT2D eigenvalue weighted by Gasteiger charge is 2.20. The molecule has 2 heterocycles. The number of nitrogens with zero attached hydrogens (tertiary/aromatic N) is 4. The first kappa shape index (κ1) is 18.9. The van der Waals surface area contributed by atoms with Crippen molar-refractivity contribution < 1.29 is 9.53 Å². The molecule has 0 amide bonds. The predicted molar refractivity (Wildman–Crippen MR) is 97.8 cm³/mol. The van der Waals surface area contributed by atoms with Crippen LogP contribution < -0.4 is 10.6 Å². The molecule has 0 spiro atoms. The van der Waals surface area contributed by atoms with Gasteiger partial charge in [0.05, 0.1) is 24.5 Å². The van der Waals surface area contributed by atoms with Crippen LogP contribution in [-0.2, 0) is 18.3 Å². The molecule has 1 atom stereocenters. The first-order valence-electron chi connectivity index (χ1n) is 8.03. The minimum Gasteiger partial charge on any atom is -0.462 e. The molecule has 2 N–H and O–H groups in total. The van der Waals surface area contributed by atoms with E-state index in [1.807, 2.05) is 27.1 Å². The Hall–Kier alpha value is -2.42. The van der Waals surface area contributed by atoms with Gasteiger partial charge in [-0.05, 0) is 20.8 Å². The molecular weight excluding hydrogens is 340 g/mol. The molecule has 8 nitrogen and oxygen atoms in total. The zero-order chi connectivity index (χ0) is 18.4. The van der Waals surface area contributed by atoms with Gasteiger partial charge >= 0.3 is 5.97 Å². The van der Waals surface area contributed by atoms with Gasteiger partial charge in [0.15, 0.2) is 5.96 Å². The standard InChI is InChI=1S/C16H24N6O2S/c1-6-24-15(23)13-10(2)20-14(25-13)11(3)21-16(17-4)18-7-12-8-19-22(5)9-12/h8-9,11H,6-7H2,1-5H3,(H2,17,18,21). The third-order valence-corrected chi connectivity index (χ3v) is 4.76. The molecular formula is C16H24N6O2S. The van der Waals surface area contributed by atoms with Gasteiger partial charge in [0.2, 0.25) is 0 Å². The van der Waals surface area contributed by atoms with Crippen LogP contribution >= 0.6 is 11.3 Å². The molecule has 0 bridgehead atoms. The molecule has 0 aliphatic heterocycles. The highest BCUT2D eigenvalue weighted by Crippen LogP contribution is 2.24. The van der Waals surface area contributed by atoms with Crippen LogP contribution in [0.3, 0.4) is 0 Å². The van der Waals surface area contributed by atoms with E-state index in [0.717, 1.165) is 10.6 Å². The Morgan fingerprint density at radius 2 is 2.28 bits per heavy atom. The number of rotatable bonds is 6. The minimum atomic E-state index is -0.324. The van der Waals surface area contributed by atoms with Crippen molar-refractivity contribution in [1.29, 1.82) is 0 Å². The second kappa shape index (κ2) is 8.61. The summed E-state index contributed by atoms with van der Waals surface area (Å²) in [5, 5.41) is 11.5. The molecule has 1 unspecified atom stereocenters. The Labute approximate surface area is 151 Å². The second-order valence-corrected chi connectivity index (χ2v) is 6.53. The van der Waals surface area contributed by atoms with Gasteiger partial charge in [0.25, 0.3) is 0 Å². The van der Waals surface area contributed by atoms with E-state index in [1.54, 1.807) is 24.9 Å². The number of aliphatic imine (C=N–C) groups is 1. The number of esters is 1. The van der Waals surface area contributed by atoms with E-state index in [4.69, 9.17) is 4.74 Å². The maximum absolute atomic E-state index is 11.9. The Kier molecular flexibility index (Phi) is 6.51. The van der Waals surface area contributed by atoms with E-state index < -0.39 is 0 Å². The molecule has 9 heteroatoms. The molecule has 2 aromatic heterocycles. The fourth-order valence-electron chi connectivity index (χ4n) is 2.20. The third-order valence-electron chi connectivity index (χ3n) is 3.44. The Morgan fingerprint density at radius 3 is 2.88 bits per heavy atom. The lowest BCUT2D eigenvalue weighted by Crippen LogP contribution is -2.38. The summed E-state index contributed by atoms with van der Waals surface area (Å²) in [6, 6.07) is -0.0908. The summed E-state index contributed by atoms with van der Waals surface area (Å²) < 4.78 is 6.82. The molecule has 0 aromatic carbocycles. The number of nitrogens with one attached hydrogen (secondary N) is 2.